The zero-order valence-corrected chi connectivity index (χ0v) is 25.4. The van der Waals surface area contributed by atoms with Crippen LogP contribution in [0.1, 0.15) is 48.1 Å². The summed E-state index contributed by atoms with van der Waals surface area (Å²) in [5.74, 6) is -1.38. The molecule has 0 atom stereocenters. The molecule has 1 amide bonds. The number of carbonyl (C=O) groups is 1. The highest BCUT2D eigenvalue weighted by molar-refractivity contribution is 9.10. The van der Waals surface area contributed by atoms with Gasteiger partial charge in [-0.25, -0.2) is 18.7 Å². The molecule has 0 aliphatic heterocycles. The van der Waals surface area contributed by atoms with Gasteiger partial charge in [0.15, 0.2) is 35.0 Å². The Morgan fingerprint density at radius 3 is 1.78 bits per heavy atom. The van der Waals surface area contributed by atoms with Crippen molar-refractivity contribution in [3.63, 3.8) is 0 Å². The number of oxazole rings is 2. The van der Waals surface area contributed by atoms with Crippen LogP contribution in [0.25, 0.3) is 55.1 Å². The largest absolute Gasteiger partial charge is 0.443 e. The number of carbonyl (C=O) groups excluding carboxylic acids is 1. The van der Waals surface area contributed by atoms with Crippen LogP contribution < -0.4 is 16.9 Å². The number of rotatable bonds is 4. The molecule has 4 heterocycles. The van der Waals surface area contributed by atoms with Crippen LogP contribution in [0.4, 0.5) is 8.78 Å². The Labute approximate surface area is 265 Å². The molecule has 0 unspecified atom stereocenters. The van der Waals surface area contributed by atoms with E-state index < -0.39 is 11.7 Å². The quantitative estimate of drug-likeness (QED) is 0.216. The average molecular weight is 686 g/mol. The number of primary amides is 1. The van der Waals surface area contributed by atoms with Crippen molar-refractivity contribution in [3.8, 4) is 11.1 Å². The van der Waals surface area contributed by atoms with E-state index in [-0.39, 0.29) is 40.1 Å². The van der Waals surface area contributed by atoms with Gasteiger partial charge in [0, 0.05) is 34.0 Å². The summed E-state index contributed by atoms with van der Waals surface area (Å²) >= 11 is 3.16. The highest BCUT2D eigenvalue weighted by Crippen LogP contribution is 2.40. The molecule has 3 aromatic carbocycles. The van der Waals surface area contributed by atoms with Gasteiger partial charge in [-0.15, -0.1) is 0 Å². The number of nitrogens with zero attached hydrogens (tertiary/aromatic N) is 4. The third kappa shape index (κ3) is 4.52. The van der Waals surface area contributed by atoms with E-state index >= 15 is 0 Å². The second kappa shape index (κ2) is 10.4. The van der Waals surface area contributed by atoms with Gasteiger partial charge in [-0.2, -0.15) is 0 Å². The zero-order valence-electron chi connectivity index (χ0n) is 23.8. The number of hydrogen-bond acceptors (Lipinski definition) is 7. The molecule has 0 bridgehead atoms. The van der Waals surface area contributed by atoms with Crippen LogP contribution in [-0.2, 0) is 0 Å². The molecule has 0 saturated heterocycles. The van der Waals surface area contributed by atoms with Crippen molar-refractivity contribution in [3.05, 3.63) is 104 Å². The van der Waals surface area contributed by atoms with Crippen LogP contribution in [0.5, 0.6) is 0 Å². The van der Waals surface area contributed by atoms with E-state index in [2.05, 4.69) is 25.9 Å². The van der Waals surface area contributed by atoms with E-state index in [1.54, 1.807) is 45.5 Å². The molecule has 2 N–H and O–H groups in total. The zero-order chi connectivity index (χ0) is 31.9. The van der Waals surface area contributed by atoms with Crippen molar-refractivity contribution in [1.29, 1.82) is 0 Å². The van der Waals surface area contributed by atoms with Gasteiger partial charge < -0.3 is 23.7 Å². The molecule has 4 aromatic heterocycles. The van der Waals surface area contributed by atoms with E-state index in [4.69, 9.17) is 14.6 Å². The van der Waals surface area contributed by atoms with Gasteiger partial charge in [-0.1, -0.05) is 12.1 Å². The minimum atomic E-state index is -0.546. The van der Waals surface area contributed by atoms with Gasteiger partial charge >= 0.3 is 0 Å². The summed E-state index contributed by atoms with van der Waals surface area (Å²) in [6.45, 7) is 0. The lowest BCUT2D eigenvalue weighted by atomic mass is 10.0. The fraction of sp³-hybridized carbons (Fsp3) is 0.182. The summed E-state index contributed by atoms with van der Waals surface area (Å²) < 4.78 is 43.0. The van der Waals surface area contributed by atoms with E-state index in [1.807, 2.05) is 0 Å². The van der Waals surface area contributed by atoms with Crippen molar-refractivity contribution < 1.29 is 22.4 Å². The van der Waals surface area contributed by atoms with Crippen LogP contribution in [-0.4, -0.2) is 25.0 Å². The van der Waals surface area contributed by atoms with E-state index in [0.29, 0.717) is 54.1 Å². The van der Waals surface area contributed by atoms with Crippen molar-refractivity contribution in [2.24, 2.45) is 5.73 Å². The Kier molecular flexibility index (Phi) is 6.43. The molecule has 2 fully saturated rings. The number of amides is 1. The summed E-state index contributed by atoms with van der Waals surface area (Å²) in [4.78, 5) is 44.5. The van der Waals surface area contributed by atoms with E-state index in [0.717, 1.165) is 25.7 Å². The van der Waals surface area contributed by atoms with Gasteiger partial charge in [0.05, 0.1) is 15.5 Å². The molecule has 230 valence electrons. The highest BCUT2D eigenvalue weighted by Gasteiger charge is 2.30. The average Bonchev–Trinajstić information content (AvgIpc) is 3.96. The number of nitrogens with two attached hydrogens (primary N) is 1. The number of pyridine rings is 2. The molecular formula is C33H22BrF2N5O5. The Hall–Kier alpha value is -5.17. The highest BCUT2D eigenvalue weighted by atomic mass is 79.9. The molecule has 0 spiro atoms. The van der Waals surface area contributed by atoms with Crippen LogP contribution in [0.3, 0.4) is 0 Å². The fourth-order valence-electron chi connectivity index (χ4n) is 5.91. The van der Waals surface area contributed by atoms with Crippen LogP contribution >= 0.6 is 15.9 Å². The lowest BCUT2D eigenvalue weighted by molar-refractivity contribution is 0.100. The summed E-state index contributed by atoms with van der Waals surface area (Å²) in [7, 11) is 0. The van der Waals surface area contributed by atoms with Crippen molar-refractivity contribution in [2.75, 3.05) is 0 Å². The molecule has 2 aliphatic carbocycles. The lowest BCUT2D eigenvalue weighted by Gasteiger charge is -2.12. The maximum absolute atomic E-state index is 14.9. The first kappa shape index (κ1) is 28.3. The van der Waals surface area contributed by atoms with Gasteiger partial charge in [-0.3, -0.25) is 14.4 Å². The van der Waals surface area contributed by atoms with Crippen molar-refractivity contribution in [1.82, 2.24) is 19.1 Å². The molecule has 46 heavy (non-hydrogen) atoms. The first-order chi connectivity index (χ1) is 22.2. The van der Waals surface area contributed by atoms with Crippen LogP contribution in [0, 0.1) is 11.6 Å². The predicted octanol–water partition coefficient (Wildman–Crippen LogP) is 6.76. The molecule has 2 saturated carbocycles. The summed E-state index contributed by atoms with van der Waals surface area (Å²) in [5.41, 5.74) is 8.56. The summed E-state index contributed by atoms with van der Waals surface area (Å²) in [6, 6.07) is 12.7. The van der Waals surface area contributed by atoms with Crippen LogP contribution in [0.2, 0.25) is 0 Å². The Morgan fingerprint density at radius 1 is 0.783 bits per heavy atom. The minimum Gasteiger partial charge on any atom is -0.443 e. The minimum absolute atomic E-state index is 0.0941. The van der Waals surface area contributed by atoms with Gasteiger partial charge in [0.1, 0.15) is 11.6 Å². The van der Waals surface area contributed by atoms with Gasteiger partial charge in [0.25, 0.3) is 11.1 Å². The predicted molar refractivity (Wildman–Crippen MR) is 170 cm³/mol. The monoisotopic (exact) mass is 685 g/mol. The summed E-state index contributed by atoms with van der Waals surface area (Å²) in [6.07, 6.45) is 6.16. The molecule has 2 aliphatic rings. The molecule has 10 nitrogen and oxygen atoms in total. The first-order valence-corrected chi connectivity index (χ1v) is 15.3. The topological polar surface area (TPSA) is 139 Å². The van der Waals surface area contributed by atoms with Gasteiger partial charge in [0.2, 0.25) is 5.91 Å². The Balaban J connectivity index is 0.000000144. The number of hydrogen-bond donors (Lipinski definition) is 1. The standard InChI is InChI=1S/C20H14FN3O3.C13H8BrFN2O2/c21-15-7-14-16(8-13(15)10-1-3-11(4-2-10)19(22)25)24(12-5-6-12)20(26)17-18(14)27-9-23-17;14-8-4-10-7(3-9(8)15)12-11(16-5-19-12)13(18)17(10)6-1-2-6/h1-4,7-9,12H,5-6H2,(H2,22,25);3-6H,1-2H2. The Morgan fingerprint density at radius 2 is 1.28 bits per heavy atom. The molecule has 7 aromatic rings. The lowest BCUT2D eigenvalue weighted by Crippen LogP contribution is -2.20. The maximum atomic E-state index is 14.9. The molecule has 13 heteroatoms. The Bertz CT molecular complexity index is 2510. The molecule has 9 rings (SSSR count). The third-order valence-corrected chi connectivity index (χ3v) is 9.02. The fourth-order valence-corrected chi connectivity index (χ4v) is 6.24. The van der Waals surface area contributed by atoms with Crippen LogP contribution in [0.15, 0.2) is 84.2 Å². The first-order valence-electron chi connectivity index (χ1n) is 14.5. The van der Waals surface area contributed by atoms with Gasteiger partial charge in [-0.05, 0) is 83.6 Å². The molecular weight excluding hydrogens is 664 g/mol. The second-order valence-electron chi connectivity index (χ2n) is 11.4. The number of halogens is 3. The SMILES string of the molecule is NC(=O)c1ccc(-c2cc3c(cc2F)c2ocnc2c(=O)n3C2CC2)cc1.O=c1c2ncoc2c2cc(F)c(Br)cc2n1C1CC1. The second-order valence-corrected chi connectivity index (χ2v) is 12.3. The van der Waals surface area contributed by atoms with Crippen molar-refractivity contribution in [2.45, 2.75) is 37.8 Å². The number of fused-ring (bicyclic) bond motifs is 6. The molecule has 0 radical (unpaired) electrons. The van der Waals surface area contributed by atoms with E-state index in [9.17, 15) is 23.2 Å². The van der Waals surface area contributed by atoms with Crippen molar-refractivity contribution >= 4 is 65.8 Å². The smallest absolute Gasteiger partial charge is 0.281 e. The number of benzene rings is 3. The summed E-state index contributed by atoms with van der Waals surface area (Å²) in [5, 5.41) is 1.10. The third-order valence-electron chi connectivity index (χ3n) is 8.41. The van der Waals surface area contributed by atoms with E-state index in [1.165, 1.54) is 24.9 Å². The number of aromatic nitrogens is 4. The normalized spacial score (nSPS) is 14.7. The maximum Gasteiger partial charge on any atom is 0.281 e.